The summed E-state index contributed by atoms with van der Waals surface area (Å²) >= 11 is 6.07. The molecule has 0 spiro atoms. The fraction of sp³-hybridized carbons (Fsp3) is 0.286. The first-order valence-electron chi connectivity index (χ1n) is 5.88. The van der Waals surface area contributed by atoms with Gasteiger partial charge < -0.3 is 4.74 Å². The predicted molar refractivity (Wildman–Crippen MR) is 72.4 cm³/mol. The number of para-hydroxylation sites is 1. The zero-order valence-electron chi connectivity index (χ0n) is 10.7. The molecule has 0 atom stereocenters. The molecule has 18 heavy (non-hydrogen) atoms. The molecule has 0 bridgehead atoms. The molecule has 0 amide bonds. The van der Waals surface area contributed by atoms with E-state index in [4.69, 9.17) is 16.3 Å². The SMILES string of the molecule is CCc1nc(Cl)c(C)c(Oc2ccccc2C)n1. The molecule has 0 aliphatic rings. The van der Waals surface area contributed by atoms with Crippen molar-refractivity contribution in [1.82, 2.24) is 9.97 Å². The lowest BCUT2D eigenvalue weighted by molar-refractivity contribution is 0.451. The highest BCUT2D eigenvalue weighted by molar-refractivity contribution is 6.30. The highest BCUT2D eigenvalue weighted by Crippen LogP contribution is 2.28. The lowest BCUT2D eigenvalue weighted by atomic mass is 10.2. The number of ether oxygens (including phenoxy) is 1. The number of aromatic nitrogens is 2. The minimum Gasteiger partial charge on any atom is -0.438 e. The molecule has 0 fully saturated rings. The van der Waals surface area contributed by atoms with E-state index in [0.717, 1.165) is 23.3 Å². The van der Waals surface area contributed by atoms with Crippen molar-refractivity contribution in [1.29, 1.82) is 0 Å². The molecule has 4 heteroatoms. The van der Waals surface area contributed by atoms with E-state index in [0.29, 0.717) is 16.9 Å². The van der Waals surface area contributed by atoms with Gasteiger partial charge >= 0.3 is 0 Å². The topological polar surface area (TPSA) is 35.0 Å². The number of rotatable bonds is 3. The molecule has 3 nitrogen and oxygen atoms in total. The third-order valence-electron chi connectivity index (χ3n) is 2.70. The second-order valence-corrected chi connectivity index (χ2v) is 4.44. The van der Waals surface area contributed by atoms with Gasteiger partial charge in [-0.25, -0.2) is 4.98 Å². The van der Waals surface area contributed by atoms with E-state index in [9.17, 15) is 0 Å². The van der Waals surface area contributed by atoms with Gasteiger partial charge in [0.25, 0.3) is 0 Å². The first kappa shape index (κ1) is 12.8. The number of hydrogen-bond acceptors (Lipinski definition) is 3. The van der Waals surface area contributed by atoms with Gasteiger partial charge in [-0.15, -0.1) is 0 Å². The maximum Gasteiger partial charge on any atom is 0.227 e. The average molecular weight is 263 g/mol. The van der Waals surface area contributed by atoms with Crippen molar-refractivity contribution in [2.24, 2.45) is 0 Å². The molecule has 0 aliphatic heterocycles. The van der Waals surface area contributed by atoms with Gasteiger partial charge in [-0.2, -0.15) is 4.98 Å². The Kier molecular flexibility index (Phi) is 3.82. The number of hydrogen-bond donors (Lipinski definition) is 0. The van der Waals surface area contributed by atoms with Crippen LogP contribution in [0.25, 0.3) is 0 Å². The zero-order valence-corrected chi connectivity index (χ0v) is 11.5. The molecule has 0 saturated carbocycles. The van der Waals surface area contributed by atoms with E-state index in [2.05, 4.69) is 9.97 Å². The predicted octanol–water partition coefficient (Wildman–Crippen LogP) is 4.10. The minimum absolute atomic E-state index is 0.449. The summed E-state index contributed by atoms with van der Waals surface area (Å²) in [5, 5.41) is 0.449. The van der Waals surface area contributed by atoms with Crippen LogP contribution in [0.1, 0.15) is 23.9 Å². The van der Waals surface area contributed by atoms with Crippen LogP contribution in [-0.4, -0.2) is 9.97 Å². The van der Waals surface area contributed by atoms with Crippen LogP contribution in [0.15, 0.2) is 24.3 Å². The molecule has 0 aliphatic carbocycles. The van der Waals surface area contributed by atoms with Gasteiger partial charge in [-0.05, 0) is 25.5 Å². The molecule has 1 heterocycles. The van der Waals surface area contributed by atoms with Crippen molar-refractivity contribution in [2.75, 3.05) is 0 Å². The zero-order chi connectivity index (χ0) is 13.1. The molecule has 0 radical (unpaired) electrons. The summed E-state index contributed by atoms with van der Waals surface area (Å²) in [5.41, 5.74) is 1.82. The van der Waals surface area contributed by atoms with E-state index < -0.39 is 0 Å². The minimum atomic E-state index is 0.449. The molecule has 0 saturated heterocycles. The monoisotopic (exact) mass is 262 g/mol. The molecular weight excluding hydrogens is 248 g/mol. The van der Waals surface area contributed by atoms with Crippen molar-refractivity contribution in [3.05, 3.63) is 46.4 Å². The van der Waals surface area contributed by atoms with Crippen LogP contribution >= 0.6 is 11.6 Å². The van der Waals surface area contributed by atoms with E-state index >= 15 is 0 Å². The number of halogens is 1. The highest BCUT2D eigenvalue weighted by Gasteiger charge is 2.11. The van der Waals surface area contributed by atoms with Crippen molar-refractivity contribution in [3.63, 3.8) is 0 Å². The van der Waals surface area contributed by atoms with Crippen LogP contribution in [0.2, 0.25) is 5.15 Å². The van der Waals surface area contributed by atoms with Crippen molar-refractivity contribution >= 4 is 11.6 Å². The first-order valence-corrected chi connectivity index (χ1v) is 6.26. The third-order valence-corrected chi connectivity index (χ3v) is 3.07. The average Bonchev–Trinajstić information content (AvgIpc) is 2.37. The summed E-state index contributed by atoms with van der Waals surface area (Å²) in [4.78, 5) is 8.56. The lowest BCUT2D eigenvalue weighted by Crippen LogP contribution is -2.00. The maximum absolute atomic E-state index is 6.07. The van der Waals surface area contributed by atoms with Crippen LogP contribution in [-0.2, 0) is 6.42 Å². The van der Waals surface area contributed by atoms with Crippen LogP contribution in [0.4, 0.5) is 0 Å². The molecule has 1 aromatic carbocycles. The molecule has 0 N–H and O–H groups in total. The van der Waals surface area contributed by atoms with E-state index in [1.54, 1.807) is 0 Å². The van der Waals surface area contributed by atoms with Crippen LogP contribution in [0, 0.1) is 13.8 Å². The molecular formula is C14H15ClN2O. The second-order valence-electron chi connectivity index (χ2n) is 4.08. The van der Waals surface area contributed by atoms with Crippen molar-refractivity contribution in [2.45, 2.75) is 27.2 Å². The van der Waals surface area contributed by atoms with E-state index in [1.165, 1.54) is 0 Å². The van der Waals surface area contributed by atoms with Crippen LogP contribution < -0.4 is 4.74 Å². The van der Waals surface area contributed by atoms with Gasteiger partial charge in [-0.1, -0.05) is 36.7 Å². The van der Waals surface area contributed by atoms with Gasteiger partial charge in [0.2, 0.25) is 5.88 Å². The summed E-state index contributed by atoms with van der Waals surface area (Å²) in [6.07, 6.45) is 0.726. The van der Waals surface area contributed by atoms with E-state index in [-0.39, 0.29) is 0 Å². The Morgan fingerprint density at radius 1 is 1.17 bits per heavy atom. The Morgan fingerprint density at radius 2 is 1.89 bits per heavy atom. The van der Waals surface area contributed by atoms with Gasteiger partial charge in [0.15, 0.2) is 0 Å². The van der Waals surface area contributed by atoms with Crippen molar-refractivity contribution < 1.29 is 4.74 Å². The fourth-order valence-corrected chi connectivity index (χ4v) is 1.72. The van der Waals surface area contributed by atoms with Crippen LogP contribution in [0.5, 0.6) is 11.6 Å². The molecule has 1 aromatic heterocycles. The Balaban J connectivity index is 2.40. The molecule has 2 aromatic rings. The van der Waals surface area contributed by atoms with Crippen LogP contribution in [0.3, 0.4) is 0 Å². The van der Waals surface area contributed by atoms with Gasteiger partial charge in [-0.3, -0.25) is 0 Å². The smallest absolute Gasteiger partial charge is 0.227 e. The summed E-state index contributed by atoms with van der Waals surface area (Å²) in [6, 6.07) is 7.81. The quantitative estimate of drug-likeness (QED) is 0.781. The maximum atomic E-state index is 6.07. The standard InChI is InChI=1S/C14H15ClN2O/c1-4-12-16-13(15)10(3)14(17-12)18-11-8-6-5-7-9(11)2/h5-8H,4H2,1-3H3. The number of aryl methyl sites for hydroxylation is 2. The third kappa shape index (κ3) is 2.62. The normalized spacial score (nSPS) is 10.4. The molecule has 94 valence electrons. The first-order chi connectivity index (χ1) is 8.61. The number of benzene rings is 1. The summed E-state index contributed by atoms with van der Waals surface area (Å²) in [7, 11) is 0. The van der Waals surface area contributed by atoms with Crippen molar-refractivity contribution in [3.8, 4) is 11.6 Å². The summed E-state index contributed by atoms with van der Waals surface area (Å²) < 4.78 is 5.83. The van der Waals surface area contributed by atoms with Gasteiger partial charge in [0, 0.05) is 12.0 Å². The van der Waals surface area contributed by atoms with Gasteiger partial charge in [0.1, 0.15) is 16.7 Å². The Morgan fingerprint density at radius 3 is 2.56 bits per heavy atom. The Hall–Kier alpha value is -1.61. The summed E-state index contributed by atoms with van der Waals surface area (Å²) in [5.74, 6) is 2.01. The lowest BCUT2D eigenvalue weighted by Gasteiger charge is -2.11. The largest absolute Gasteiger partial charge is 0.438 e. The number of nitrogens with zero attached hydrogens (tertiary/aromatic N) is 2. The Bertz CT molecular complexity index is 570. The highest BCUT2D eigenvalue weighted by atomic mass is 35.5. The van der Waals surface area contributed by atoms with Gasteiger partial charge in [0.05, 0.1) is 0 Å². The summed E-state index contributed by atoms with van der Waals surface area (Å²) in [6.45, 7) is 5.84. The molecule has 0 unspecified atom stereocenters. The Labute approximate surface area is 112 Å². The second kappa shape index (κ2) is 5.36. The molecule has 2 rings (SSSR count). The van der Waals surface area contributed by atoms with E-state index in [1.807, 2.05) is 45.0 Å². The fourth-order valence-electron chi connectivity index (χ4n) is 1.54.